The average molecular weight is 370 g/mol. The Morgan fingerprint density at radius 1 is 1.12 bits per heavy atom. The zero-order valence-electron chi connectivity index (χ0n) is 14.5. The van der Waals surface area contributed by atoms with E-state index in [9.17, 15) is 9.59 Å². The molecule has 1 aromatic heterocycles. The summed E-state index contributed by atoms with van der Waals surface area (Å²) in [5.74, 6) is 0.776. The van der Waals surface area contributed by atoms with Crippen molar-refractivity contribution >= 4 is 34.3 Å². The smallest absolute Gasteiger partial charge is 0.219 e. The van der Waals surface area contributed by atoms with E-state index in [0.717, 1.165) is 16.9 Å². The number of imidazole rings is 1. The molecular formula is C20H20ClN3O2. The largest absolute Gasteiger partial charge is 0.356 e. The Morgan fingerprint density at radius 3 is 2.58 bits per heavy atom. The van der Waals surface area contributed by atoms with Gasteiger partial charge in [-0.2, -0.15) is 0 Å². The van der Waals surface area contributed by atoms with Gasteiger partial charge in [0.15, 0.2) is 5.78 Å². The standard InChI is InChI=1S/C20H20ClN3O2/c1-2-20(26)22-12-11-19-23-16-5-3-4-6-17(16)24(19)13-18(25)14-7-9-15(21)10-8-14/h3-10H,2,11-13H2,1H3,(H,22,26). The highest BCUT2D eigenvalue weighted by Crippen LogP contribution is 2.18. The highest BCUT2D eigenvalue weighted by atomic mass is 35.5. The van der Waals surface area contributed by atoms with Crippen LogP contribution >= 0.6 is 11.6 Å². The van der Waals surface area contributed by atoms with Gasteiger partial charge >= 0.3 is 0 Å². The summed E-state index contributed by atoms with van der Waals surface area (Å²) in [5.41, 5.74) is 2.36. The average Bonchev–Trinajstić information content (AvgIpc) is 2.99. The molecule has 1 N–H and O–H groups in total. The highest BCUT2D eigenvalue weighted by Gasteiger charge is 2.15. The van der Waals surface area contributed by atoms with Crippen LogP contribution in [0.5, 0.6) is 0 Å². The molecule has 0 aliphatic heterocycles. The number of ketones is 1. The lowest BCUT2D eigenvalue weighted by molar-refractivity contribution is -0.120. The number of carbonyl (C=O) groups excluding carboxylic acids is 2. The van der Waals surface area contributed by atoms with Gasteiger partial charge in [0.05, 0.1) is 17.6 Å². The summed E-state index contributed by atoms with van der Waals surface area (Å²) >= 11 is 5.90. The Morgan fingerprint density at radius 2 is 1.85 bits per heavy atom. The van der Waals surface area contributed by atoms with Gasteiger partial charge in [0.1, 0.15) is 5.82 Å². The van der Waals surface area contributed by atoms with Gasteiger partial charge in [-0.3, -0.25) is 9.59 Å². The van der Waals surface area contributed by atoms with E-state index in [1.165, 1.54) is 0 Å². The third-order valence-electron chi connectivity index (χ3n) is 4.19. The molecule has 0 saturated carbocycles. The first-order valence-electron chi connectivity index (χ1n) is 8.58. The first-order chi connectivity index (χ1) is 12.6. The van der Waals surface area contributed by atoms with Crippen LogP contribution in [0.25, 0.3) is 11.0 Å². The molecule has 1 amide bonds. The number of hydrogen-bond acceptors (Lipinski definition) is 3. The second-order valence-corrected chi connectivity index (χ2v) is 6.42. The van der Waals surface area contributed by atoms with E-state index < -0.39 is 0 Å². The molecule has 2 aromatic carbocycles. The zero-order valence-corrected chi connectivity index (χ0v) is 15.3. The van der Waals surface area contributed by atoms with Crippen molar-refractivity contribution in [1.82, 2.24) is 14.9 Å². The van der Waals surface area contributed by atoms with Gasteiger partial charge in [-0.15, -0.1) is 0 Å². The van der Waals surface area contributed by atoms with Crippen LogP contribution in [0.2, 0.25) is 5.02 Å². The molecule has 134 valence electrons. The molecule has 0 unspecified atom stereocenters. The summed E-state index contributed by atoms with van der Waals surface area (Å²) in [6.45, 7) is 2.50. The van der Waals surface area contributed by atoms with Crippen LogP contribution in [0.4, 0.5) is 0 Å². The lowest BCUT2D eigenvalue weighted by atomic mass is 10.1. The quantitative estimate of drug-likeness (QED) is 0.646. The maximum atomic E-state index is 12.7. The zero-order chi connectivity index (χ0) is 18.5. The van der Waals surface area contributed by atoms with Crippen LogP contribution in [0.15, 0.2) is 48.5 Å². The maximum Gasteiger partial charge on any atom is 0.219 e. The van der Waals surface area contributed by atoms with Gasteiger partial charge in [-0.25, -0.2) is 4.98 Å². The fraction of sp³-hybridized carbons (Fsp3) is 0.250. The van der Waals surface area contributed by atoms with Crippen molar-refractivity contribution in [3.05, 3.63) is 64.9 Å². The number of carbonyl (C=O) groups is 2. The van der Waals surface area contributed by atoms with Crippen molar-refractivity contribution < 1.29 is 9.59 Å². The van der Waals surface area contributed by atoms with Crippen molar-refractivity contribution in [2.24, 2.45) is 0 Å². The normalized spacial score (nSPS) is 10.8. The SMILES string of the molecule is CCC(=O)NCCc1nc2ccccc2n1CC(=O)c1ccc(Cl)cc1. The van der Waals surface area contributed by atoms with Gasteiger partial charge < -0.3 is 9.88 Å². The Balaban J connectivity index is 1.85. The number of para-hydroxylation sites is 2. The van der Waals surface area contributed by atoms with Crippen molar-refractivity contribution in [3.8, 4) is 0 Å². The van der Waals surface area contributed by atoms with Crippen molar-refractivity contribution in [3.63, 3.8) is 0 Å². The van der Waals surface area contributed by atoms with Crippen LogP contribution < -0.4 is 5.32 Å². The van der Waals surface area contributed by atoms with E-state index >= 15 is 0 Å². The van der Waals surface area contributed by atoms with Gasteiger partial charge in [-0.1, -0.05) is 30.7 Å². The Hall–Kier alpha value is -2.66. The molecule has 0 saturated heterocycles. The van der Waals surface area contributed by atoms with Gasteiger partial charge in [0.2, 0.25) is 5.91 Å². The van der Waals surface area contributed by atoms with Crippen molar-refractivity contribution in [2.75, 3.05) is 6.54 Å². The monoisotopic (exact) mass is 369 g/mol. The number of nitrogens with zero attached hydrogens (tertiary/aromatic N) is 2. The summed E-state index contributed by atoms with van der Waals surface area (Å²) in [4.78, 5) is 28.8. The lowest BCUT2D eigenvalue weighted by Crippen LogP contribution is -2.25. The van der Waals surface area contributed by atoms with Gasteiger partial charge in [0.25, 0.3) is 0 Å². The predicted molar refractivity (Wildman–Crippen MR) is 103 cm³/mol. The lowest BCUT2D eigenvalue weighted by Gasteiger charge is -2.09. The topological polar surface area (TPSA) is 64.0 Å². The highest BCUT2D eigenvalue weighted by molar-refractivity contribution is 6.30. The Kier molecular flexibility index (Phi) is 5.68. The summed E-state index contributed by atoms with van der Waals surface area (Å²) in [5, 5.41) is 3.45. The van der Waals surface area contributed by atoms with E-state index in [1.807, 2.05) is 35.8 Å². The molecule has 1 heterocycles. The molecule has 0 spiro atoms. The summed E-state index contributed by atoms with van der Waals surface area (Å²) < 4.78 is 1.92. The van der Waals surface area contributed by atoms with Crippen LogP contribution in [0, 0.1) is 0 Å². The van der Waals surface area contributed by atoms with Crippen molar-refractivity contribution in [1.29, 1.82) is 0 Å². The number of amides is 1. The van der Waals surface area contributed by atoms with E-state index in [4.69, 9.17) is 11.6 Å². The second kappa shape index (κ2) is 8.15. The number of nitrogens with one attached hydrogen (secondary N) is 1. The first-order valence-corrected chi connectivity index (χ1v) is 8.96. The number of Topliss-reactive ketones (excluding diaryl/α,β-unsaturated/α-hetero) is 1. The van der Waals surface area contributed by atoms with E-state index in [0.29, 0.717) is 30.0 Å². The number of benzene rings is 2. The second-order valence-electron chi connectivity index (χ2n) is 5.99. The molecule has 26 heavy (non-hydrogen) atoms. The molecule has 0 atom stereocenters. The summed E-state index contributed by atoms with van der Waals surface area (Å²) in [6, 6.07) is 14.6. The Bertz CT molecular complexity index is 932. The molecule has 0 aliphatic rings. The van der Waals surface area contributed by atoms with Crippen LogP contribution in [0.3, 0.4) is 0 Å². The minimum atomic E-state index is -0.0105. The molecule has 3 rings (SSSR count). The minimum absolute atomic E-state index is 0.00454. The third-order valence-corrected chi connectivity index (χ3v) is 4.45. The molecule has 3 aromatic rings. The van der Waals surface area contributed by atoms with Crippen LogP contribution in [0.1, 0.15) is 29.5 Å². The molecule has 6 heteroatoms. The summed E-state index contributed by atoms with van der Waals surface area (Å²) in [7, 11) is 0. The maximum absolute atomic E-state index is 12.7. The Labute approximate surface area is 157 Å². The molecule has 5 nitrogen and oxygen atoms in total. The number of hydrogen-bond donors (Lipinski definition) is 1. The van der Waals surface area contributed by atoms with E-state index in [1.54, 1.807) is 24.3 Å². The minimum Gasteiger partial charge on any atom is -0.356 e. The molecule has 0 bridgehead atoms. The third kappa shape index (κ3) is 4.11. The van der Waals surface area contributed by atoms with Gasteiger partial charge in [0, 0.05) is 30.0 Å². The fourth-order valence-corrected chi connectivity index (χ4v) is 2.93. The van der Waals surface area contributed by atoms with Crippen LogP contribution in [-0.2, 0) is 17.8 Å². The molecule has 0 fully saturated rings. The molecule has 0 aliphatic carbocycles. The number of fused-ring (bicyclic) bond motifs is 1. The van der Waals surface area contributed by atoms with Crippen molar-refractivity contribution in [2.45, 2.75) is 26.3 Å². The molecular weight excluding hydrogens is 350 g/mol. The number of rotatable bonds is 7. The van der Waals surface area contributed by atoms with Crippen LogP contribution in [-0.4, -0.2) is 27.8 Å². The number of aromatic nitrogens is 2. The van der Waals surface area contributed by atoms with E-state index in [2.05, 4.69) is 10.3 Å². The predicted octanol–water partition coefficient (Wildman–Crippen LogP) is 3.64. The molecule has 0 radical (unpaired) electrons. The van der Waals surface area contributed by atoms with Gasteiger partial charge in [-0.05, 0) is 36.4 Å². The first kappa shape index (κ1) is 18.1. The van der Waals surface area contributed by atoms with E-state index in [-0.39, 0.29) is 18.2 Å². The summed E-state index contributed by atoms with van der Waals surface area (Å²) in [6.07, 6.45) is 1.01. The fourth-order valence-electron chi connectivity index (χ4n) is 2.80. The number of halogens is 1.